The van der Waals surface area contributed by atoms with Crippen LogP contribution >= 0.6 is 24.0 Å². The first-order valence-electron chi connectivity index (χ1n) is 9.78. The van der Waals surface area contributed by atoms with Crippen LogP contribution in [0.2, 0.25) is 0 Å². The van der Waals surface area contributed by atoms with Crippen molar-refractivity contribution in [3.05, 3.63) is 35.4 Å². The van der Waals surface area contributed by atoms with Crippen LogP contribution in [0, 0.1) is 5.92 Å². The van der Waals surface area contributed by atoms with E-state index in [1.165, 1.54) is 11.1 Å². The Morgan fingerprint density at radius 3 is 2.29 bits per heavy atom. The predicted molar refractivity (Wildman–Crippen MR) is 128 cm³/mol. The molecule has 160 valence electrons. The van der Waals surface area contributed by atoms with Crippen LogP contribution in [0.4, 0.5) is 0 Å². The van der Waals surface area contributed by atoms with Crippen LogP contribution in [0.5, 0.6) is 0 Å². The van der Waals surface area contributed by atoms with E-state index >= 15 is 0 Å². The monoisotopic (exact) mass is 522 g/mol. The molecule has 0 aliphatic carbocycles. The lowest BCUT2D eigenvalue weighted by Crippen LogP contribution is -2.46. The molecule has 1 aliphatic rings. The quantitative estimate of drug-likeness (QED) is 0.327. The molecule has 0 saturated carbocycles. The molecule has 1 saturated heterocycles. The zero-order valence-electron chi connectivity index (χ0n) is 17.4. The third-order valence-electron chi connectivity index (χ3n) is 4.86. The lowest BCUT2D eigenvalue weighted by molar-refractivity contribution is 0.299. The number of nitrogens with one attached hydrogen (secondary N) is 2. The minimum Gasteiger partial charge on any atom is -0.355 e. The number of aliphatic imine (C=N–C) groups is 1. The van der Waals surface area contributed by atoms with Gasteiger partial charge < -0.3 is 10.6 Å². The Morgan fingerprint density at radius 2 is 1.75 bits per heavy atom. The van der Waals surface area contributed by atoms with E-state index in [9.17, 15) is 8.42 Å². The molecule has 1 atom stereocenters. The van der Waals surface area contributed by atoms with Crippen molar-refractivity contribution < 1.29 is 8.42 Å². The van der Waals surface area contributed by atoms with Crippen LogP contribution in [0.15, 0.2) is 29.3 Å². The van der Waals surface area contributed by atoms with Crippen molar-refractivity contribution in [1.82, 2.24) is 15.5 Å². The van der Waals surface area contributed by atoms with Crippen LogP contribution in [0.25, 0.3) is 0 Å². The number of benzene rings is 1. The average Bonchev–Trinajstić information content (AvgIpc) is 2.62. The van der Waals surface area contributed by atoms with Crippen molar-refractivity contribution in [2.24, 2.45) is 10.9 Å². The van der Waals surface area contributed by atoms with Crippen LogP contribution in [0.1, 0.15) is 37.9 Å². The van der Waals surface area contributed by atoms with E-state index in [0.29, 0.717) is 19.0 Å². The van der Waals surface area contributed by atoms with Crippen molar-refractivity contribution >= 4 is 39.8 Å². The molecule has 1 aromatic carbocycles. The van der Waals surface area contributed by atoms with Gasteiger partial charge in [0, 0.05) is 33.2 Å². The van der Waals surface area contributed by atoms with Gasteiger partial charge in [0.15, 0.2) is 15.8 Å². The van der Waals surface area contributed by atoms with Crippen molar-refractivity contribution in [3.63, 3.8) is 0 Å². The SMILES string of the molecule is CN=C(NCCN1CCS(=O)(=O)CC1)NC(C)c1ccc(CC(C)C)cc1.I. The number of nitrogens with zero attached hydrogens (tertiary/aromatic N) is 2. The van der Waals surface area contributed by atoms with Crippen LogP contribution in [0.3, 0.4) is 0 Å². The third-order valence-corrected chi connectivity index (χ3v) is 6.47. The summed E-state index contributed by atoms with van der Waals surface area (Å²) in [5.74, 6) is 1.96. The van der Waals surface area contributed by atoms with Gasteiger partial charge in [-0.3, -0.25) is 9.89 Å². The van der Waals surface area contributed by atoms with Gasteiger partial charge in [0.05, 0.1) is 17.5 Å². The molecule has 1 aliphatic heterocycles. The maximum atomic E-state index is 11.5. The van der Waals surface area contributed by atoms with E-state index < -0.39 is 9.84 Å². The molecule has 28 heavy (non-hydrogen) atoms. The minimum absolute atomic E-state index is 0. The van der Waals surface area contributed by atoms with Crippen LogP contribution < -0.4 is 10.6 Å². The van der Waals surface area contributed by atoms with Crippen LogP contribution in [-0.2, 0) is 16.3 Å². The molecular formula is C20H35IN4O2S. The van der Waals surface area contributed by atoms with Gasteiger partial charge in [0.25, 0.3) is 0 Å². The fraction of sp³-hybridized carbons (Fsp3) is 0.650. The zero-order chi connectivity index (χ0) is 19.9. The smallest absolute Gasteiger partial charge is 0.191 e. The van der Waals surface area contributed by atoms with Crippen molar-refractivity contribution in [1.29, 1.82) is 0 Å². The summed E-state index contributed by atoms with van der Waals surface area (Å²) in [5.41, 5.74) is 2.60. The topological polar surface area (TPSA) is 73.8 Å². The molecule has 0 radical (unpaired) electrons. The standard InChI is InChI=1S/C20H34N4O2S.HI/c1-16(2)15-18-5-7-19(8-6-18)17(3)23-20(21-4)22-9-10-24-11-13-27(25,26)14-12-24;/h5-8,16-17H,9-15H2,1-4H3,(H2,21,22,23);1H. The normalized spacial score (nSPS) is 18.4. The van der Waals surface area contributed by atoms with E-state index in [1.54, 1.807) is 7.05 Å². The van der Waals surface area contributed by atoms with Gasteiger partial charge in [-0.25, -0.2) is 8.42 Å². The number of guanidine groups is 1. The van der Waals surface area contributed by atoms with Crippen molar-refractivity contribution in [2.45, 2.75) is 33.2 Å². The summed E-state index contributed by atoms with van der Waals surface area (Å²) in [5, 5.41) is 6.74. The molecule has 2 N–H and O–H groups in total. The molecule has 1 heterocycles. The van der Waals surface area contributed by atoms with Gasteiger partial charge in [0.1, 0.15) is 0 Å². The molecule has 1 fully saturated rings. The second-order valence-corrected chi connectivity index (χ2v) is 10.0. The number of hydrogen-bond donors (Lipinski definition) is 2. The Kier molecular flexibility index (Phi) is 10.8. The molecule has 1 unspecified atom stereocenters. The zero-order valence-corrected chi connectivity index (χ0v) is 20.6. The molecule has 6 nitrogen and oxygen atoms in total. The van der Waals surface area contributed by atoms with Gasteiger partial charge >= 0.3 is 0 Å². The van der Waals surface area contributed by atoms with E-state index in [0.717, 1.165) is 25.5 Å². The molecule has 0 bridgehead atoms. The molecule has 0 spiro atoms. The molecule has 2 rings (SSSR count). The summed E-state index contributed by atoms with van der Waals surface area (Å²) in [4.78, 5) is 6.47. The highest BCUT2D eigenvalue weighted by Crippen LogP contribution is 2.15. The summed E-state index contributed by atoms with van der Waals surface area (Å²) in [6.45, 7) is 9.38. The lowest BCUT2D eigenvalue weighted by atomic mass is 10.00. The first-order chi connectivity index (χ1) is 12.8. The first kappa shape index (κ1) is 25.2. The van der Waals surface area contributed by atoms with Crippen LogP contribution in [-0.4, -0.2) is 64.0 Å². The number of hydrogen-bond acceptors (Lipinski definition) is 4. The van der Waals surface area contributed by atoms with Gasteiger partial charge in [0.2, 0.25) is 0 Å². The molecule has 1 aromatic rings. The summed E-state index contributed by atoms with van der Waals surface area (Å²) >= 11 is 0. The van der Waals surface area contributed by atoms with Crippen molar-refractivity contribution in [2.75, 3.05) is 44.7 Å². The van der Waals surface area contributed by atoms with Gasteiger partial charge in [-0.05, 0) is 30.4 Å². The maximum absolute atomic E-state index is 11.5. The van der Waals surface area contributed by atoms with E-state index in [1.807, 2.05) is 0 Å². The van der Waals surface area contributed by atoms with Gasteiger partial charge in [-0.1, -0.05) is 38.1 Å². The largest absolute Gasteiger partial charge is 0.355 e. The predicted octanol–water partition coefficient (Wildman–Crippen LogP) is 2.46. The highest BCUT2D eigenvalue weighted by atomic mass is 127. The first-order valence-corrected chi connectivity index (χ1v) is 11.6. The second kappa shape index (κ2) is 12.0. The minimum atomic E-state index is -2.82. The number of halogens is 1. The Hall–Kier alpha value is -0.870. The lowest BCUT2D eigenvalue weighted by Gasteiger charge is -2.27. The maximum Gasteiger partial charge on any atom is 0.191 e. The molecule has 0 amide bonds. The second-order valence-electron chi connectivity index (χ2n) is 7.70. The summed E-state index contributed by atoms with van der Waals surface area (Å²) in [6.07, 6.45) is 1.10. The van der Waals surface area contributed by atoms with Gasteiger partial charge in [-0.15, -0.1) is 24.0 Å². The number of rotatable bonds is 7. The Balaban J connectivity index is 0.00000392. The highest BCUT2D eigenvalue weighted by molar-refractivity contribution is 14.0. The molecule has 0 aromatic heterocycles. The third kappa shape index (κ3) is 8.65. The van der Waals surface area contributed by atoms with E-state index in [4.69, 9.17) is 0 Å². The number of sulfone groups is 1. The summed E-state index contributed by atoms with van der Waals surface area (Å²) in [6, 6.07) is 8.92. The fourth-order valence-corrected chi connectivity index (χ4v) is 4.48. The van der Waals surface area contributed by atoms with Crippen molar-refractivity contribution in [3.8, 4) is 0 Å². The molecular weight excluding hydrogens is 487 g/mol. The Bertz CT molecular complexity index is 706. The Morgan fingerprint density at radius 1 is 1.14 bits per heavy atom. The summed E-state index contributed by atoms with van der Waals surface area (Å²) < 4.78 is 23.0. The van der Waals surface area contributed by atoms with E-state index in [2.05, 4.69) is 65.6 Å². The average molecular weight is 522 g/mol. The highest BCUT2D eigenvalue weighted by Gasteiger charge is 2.21. The fourth-order valence-electron chi connectivity index (χ4n) is 3.20. The van der Waals surface area contributed by atoms with E-state index in [-0.39, 0.29) is 41.5 Å². The van der Waals surface area contributed by atoms with Gasteiger partial charge in [-0.2, -0.15) is 0 Å². The Labute approximate surface area is 187 Å². The summed E-state index contributed by atoms with van der Waals surface area (Å²) in [7, 11) is -1.05. The molecule has 8 heteroatoms.